The number of hydrogen-bond acceptors (Lipinski definition) is 4. The predicted octanol–water partition coefficient (Wildman–Crippen LogP) is 2.31. The molecule has 10 heteroatoms. The Morgan fingerprint density at radius 2 is 1.93 bits per heavy atom. The Hall–Kier alpha value is -1.55. The van der Waals surface area contributed by atoms with Crippen molar-refractivity contribution in [3.63, 3.8) is 0 Å². The van der Waals surface area contributed by atoms with Gasteiger partial charge >= 0.3 is 18.2 Å². The Bertz CT molecular complexity index is 555. The van der Waals surface area contributed by atoms with Crippen molar-refractivity contribution in [2.75, 3.05) is 40.3 Å². The number of urea groups is 1. The number of carboxylic acids is 1. The number of amides is 2. The lowest BCUT2D eigenvalue weighted by atomic mass is 9.85. The van der Waals surface area contributed by atoms with Crippen molar-refractivity contribution < 1.29 is 32.6 Å². The predicted molar refractivity (Wildman–Crippen MR) is 96.0 cm³/mol. The fourth-order valence-electron chi connectivity index (χ4n) is 3.86. The molecule has 1 aliphatic carbocycles. The molecule has 2 heterocycles. The van der Waals surface area contributed by atoms with E-state index in [1.54, 1.807) is 19.0 Å². The number of aliphatic carboxylic acids is 1. The lowest BCUT2D eigenvalue weighted by Gasteiger charge is -2.39. The first-order chi connectivity index (χ1) is 13.0. The SMILES string of the molecule is CN(C)C(=O)N[C@@H]1CCO[C@]2(CCN(CC3CCC3)C2)C1.O=C(O)C(F)(F)F. The van der Waals surface area contributed by atoms with Gasteiger partial charge in [0.1, 0.15) is 0 Å². The number of nitrogens with zero attached hydrogens (tertiary/aromatic N) is 2. The summed E-state index contributed by atoms with van der Waals surface area (Å²) in [5.41, 5.74) is -0.00768. The molecule has 0 aromatic carbocycles. The molecule has 2 atom stereocenters. The van der Waals surface area contributed by atoms with Gasteiger partial charge in [0.15, 0.2) is 0 Å². The summed E-state index contributed by atoms with van der Waals surface area (Å²) in [6.45, 7) is 4.23. The van der Waals surface area contributed by atoms with Crippen LogP contribution in [0.1, 0.15) is 38.5 Å². The number of ether oxygens (including phenoxy) is 1. The molecule has 2 amide bonds. The first-order valence-corrected chi connectivity index (χ1v) is 9.65. The van der Waals surface area contributed by atoms with Crippen molar-refractivity contribution in [2.45, 2.75) is 56.3 Å². The largest absolute Gasteiger partial charge is 0.490 e. The van der Waals surface area contributed by atoms with Gasteiger partial charge in [0.25, 0.3) is 0 Å². The number of carbonyl (C=O) groups is 2. The Morgan fingerprint density at radius 1 is 1.29 bits per heavy atom. The van der Waals surface area contributed by atoms with Crippen LogP contribution in [0, 0.1) is 5.92 Å². The van der Waals surface area contributed by atoms with E-state index in [4.69, 9.17) is 14.6 Å². The Kier molecular flexibility index (Phi) is 7.55. The number of carbonyl (C=O) groups excluding carboxylic acids is 1. The quantitative estimate of drug-likeness (QED) is 0.748. The van der Waals surface area contributed by atoms with Gasteiger partial charge in [-0.15, -0.1) is 0 Å². The summed E-state index contributed by atoms with van der Waals surface area (Å²) >= 11 is 0. The van der Waals surface area contributed by atoms with E-state index in [0.717, 1.165) is 44.9 Å². The topological polar surface area (TPSA) is 82.1 Å². The lowest BCUT2D eigenvalue weighted by Crippen LogP contribution is -2.51. The highest BCUT2D eigenvalue weighted by molar-refractivity contribution is 5.74. The number of nitrogens with one attached hydrogen (secondary N) is 1. The minimum atomic E-state index is -5.08. The summed E-state index contributed by atoms with van der Waals surface area (Å²) in [6.07, 6.45) is 2.17. The molecule has 0 unspecified atom stereocenters. The number of rotatable bonds is 3. The van der Waals surface area contributed by atoms with E-state index < -0.39 is 12.1 Å². The Morgan fingerprint density at radius 3 is 2.43 bits per heavy atom. The minimum absolute atomic E-state index is 0.00768. The maximum atomic E-state index is 11.8. The zero-order valence-electron chi connectivity index (χ0n) is 16.4. The van der Waals surface area contributed by atoms with E-state index in [1.807, 2.05) is 0 Å². The third-order valence-electron chi connectivity index (χ3n) is 5.61. The summed E-state index contributed by atoms with van der Waals surface area (Å²) in [7, 11) is 3.58. The van der Waals surface area contributed by atoms with Crippen molar-refractivity contribution in [3.05, 3.63) is 0 Å². The molecule has 0 radical (unpaired) electrons. The van der Waals surface area contributed by atoms with Crippen molar-refractivity contribution >= 4 is 12.0 Å². The standard InChI is InChI=1S/C16H29N3O2.C2HF3O2/c1-18(2)15(20)17-14-6-9-21-16(10-14)7-8-19(12-16)11-13-4-3-5-13;3-2(4,5)1(6)7/h13-14H,3-12H2,1-2H3,(H,17,20);(H,6,7)/t14-,16-;/m1./s1. The molecule has 0 aromatic rings. The van der Waals surface area contributed by atoms with Crippen LogP contribution in [-0.4, -0.2) is 85.1 Å². The van der Waals surface area contributed by atoms with Crippen molar-refractivity contribution in [1.29, 1.82) is 0 Å². The molecule has 162 valence electrons. The van der Waals surface area contributed by atoms with Crippen LogP contribution in [0.25, 0.3) is 0 Å². The van der Waals surface area contributed by atoms with Gasteiger partial charge in [-0.3, -0.25) is 0 Å². The smallest absolute Gasteiger partial charge is 0.475 e. The summed E-state index contributed by atoms with van der Waals surface area (Å²) < 4.78 is 37.9. The lowest BCUT2D eigenvalue weighted by molar-refractivity contribution is -0.192. The molecule has 3 rings (SSSR count). The summed E-state index contributed by atoms with van der Waals surface area (Å²) in [5.74, 6) is -1.83. The second-order valence-corrected chi connectivity index (χ2v) is 8.15. The highest BCUT2D eigenvalue weighted by atomic mass is 19.4. The van der Waals surface area contributed by atoms with Gasteiger partial charge in [-0.05, 0) is 38.0 Å². The number of halogens is 3. The van der Waals surface area contributed by atoms with Crippen LogP contribution < -0.4 is 5.32 Å². The molecule has 1 spiro atoms. The number of hydrogen-bond donors (Lipinski definition) is 2. The Balaban J connectivity index is 0.000000345. The molecule has 3 fully saturated rings. The van der Waals surface area contributed by atoms with E-state index in [-0.39, 0.29) is 17.7 Å². The zero-order valence-corrected chi connectivity index (χ0v) is 16.4. The monoisotopic (exact) mass is 409 g/mol. The molecular formula is C18H30F3N3O4. The maximum absolute atomic E-state index is 11.8. The molecule has 3 aliphatic rings. The molecule has 1 saturated carbocycles. The minimum Gasteiger partial charge on any atom is -0.475 e. The number of alkyl halides is 3. The van der Waals surface area contributed by atoms with Gasteiger partial charge in [0.05, 0.1) is 5.60 Å². The van der Waals surface area contributed by atoms with E-state index in [9.17, 15) is 18.0 Å². The second kappa shape index (κ2) is 9.30. The van der Waals surface area contributed by atoms with Crippen molar-refractivity contribution in [1.82, 2.24) is 15.1 Å². The van der Waals surface area contributed by atoms with E-state index in [1.165, 1.54) is 25.8 Å². The molecule has 28 heavy (non-hydrogen) atoms. The zero-order chi connectivity index (χ0) is 20.9. The average molecular weight is 409 g/mol. The third kappa shape index (κ3) is 6.51. The van der Waals surface area contributed by atoms with Crippen molar-refractivity contribution in [3.8, 4) is 0 Å². The maximum Gasteiger partial charge on any atom is 0.490 e. The highest BCUT2D eigenvalue weighted by Crippen LogP contribution is 2.36. The van der Waals surface area contributed by atoms with Gasteiger partial charge in [-0.25, -0.2) is 9.59 Å². The average Bonchev–Trinajstić information content (AvgIpc) is 2.93. The summed E-state index contributed by atoms with van der Waals surface area (Å²) in [4.78, 5) is 24.9. The molecular weight excluding hydrogens is 379 g/mol. The molecule has 0 aromatic heterocycles. The van der Waals surface area contributed by atoms with Crippen LogP contribution in [0.4, 0.5) is 18.0 Å². The number of likely N-dealkylation sites (tertiary alicyclic amines) is 1. The van der Waals surface area contributed by atoms with Gasteiger partial charge < -0.3 is 25.0 Å². The first-order valence-electron chi connectivity index (χ1n) is 9.65. The van der Waals surface area contributed by atoms with E-state index in [0.29, 0.717) is 0 Å². The van der Waals surface area contributed by atoms with E-state index in [2.05, 4.69) is 10.2 Å². The van der Waals surface area contributed by atoms with Crippen LogP contribution >= 0.6 is 0 Å². The second-order valence-electron chi connectivity index (χ2n) is 8.15. The van der Waals surface area contributed by atoms with Crippen LogP contribution in [0.3, 0.4) is 0 Å². The normalized spacial score (nSPS) is 28.2. The third-order valence-corrected chi connectivity index (χ3v) is 5.61. The van der Waals surface area contributed by atoms with Gasteiger partial charge in [0.2, 0.25) is 0 Å². The molecule has 2 N–H and O–H groups in total. The van der Waals surface area contributed by atoms with E-state index >= 15 is 0 Å². The van der Waals surface area contributed by atoms with Gasteiger partial charge in [-0.1, -0.05) is 6.42 Å². The van der Waals surface area contributed by atoms with Crippen LogP contribution in [0.5, 0.6) is 0 Å². The molecule has 2 aliphatic heterocycles. The summed E-state index contributed by atoms with van der Waals surface area (Å²) in [6, 6.07) is 0.277. The highest BCUT2D eigenvalue weighted by Gasteiger charge is 2.44. The van der Waals surface area contributed by atoms with Gasteiger partial charge in [-0.2, -0.15) is 13.2 Å². The van der Waals surface area contributed by atoms with Crippen LogP contribution in [-0.2, 0) is 9.53 Å². The molecule has 0 bridgehead atoms. The summed E-state index contributed by atoms with van der Waals surface area (Å²) in [5, 5.41) is 10.3. The number of carboxylic acid groups (broad SMARTS) is 1. The molecule has 7 nitrogen and oxygen atoms in total. The first kappa shape index (κ1) is 22.7. The Labute approximate surface area is 163 Å². The molecule has 2 saturated heterocycles. The van der Waals surface area contributed by atoms with Crippen LogP contribution in [0.2, 0.25) is 0 Å². The van der Waals surface area contributed by atoms with Crippen LogP contribution in [0.15, 0.2) is 0 Å². The van der Waals surface area contributed by atoms with Gasteiger partial charge in [0, 0.05) is 46.4 Å². The fraction of sp³-hybridized carbons (Fsp3) is 0.889. The van der Waals surface area contributed by atoms with Crippen molar-refractivity contribution in [2.24, 2.45) is 5.92 Å². The fourth-order valence-corrected chi connectivity index (χ4v) is 3.86.